The molecule has 1 aromatic carbocycles. The number of nitrogens with one attached hydrogen (secondary N) is 2. The van der Waals surface area contributed by atoms with E-state index < -0.39 is 24.5 Å². The van der Waals surface area contributed by atoms with Gasteiger partial charge in [-0.1, -0.05) is 12.1 Å². The normalized spacial score (nSPS) is 10.1. The lowest BCUT2D eigenvalue weighted by atomic mass is 10.2. The van der Waals surface area contributed by atoms with Crippen LogP contribution in [0.5, 0.6) is 5.75 Å². The van der Waals surface area contributed by atoms with E-state index in [4.69, 9.17) is 9.47 Å². The smallest absolute Gasteiger partial charge is 0.321 e. The third-order valence-electron chi connectivity index (χ3n) is 2.60. The van der Waals surface area contributed by atoms with Crippen molar-refractivity contribution in [3.8, 4) is 5.75 Å². The highest BCUT2D eigenvalue weighted by atomic mass is 16.5. The first-order valence-corrected chi connectivity index (χ1v) is 7.32. The Labute approximate surface area is 135 Å². The summed E-state index contributed by atoms with van der Waals surface area (Å²) in [5.74, 6) is -0.589. The number of benzene rings is 1. The van der Waals surface area contributed by atoms with Gasteiger partial charge in [-0.2, -0.15) is 0 Å². The van der Waals surface area contributed by atoms with E-state index in [2.05, 4.69) is 10.6 Å². The molecule has 3 amide bonds. The minimum absolute atomic E-state index is 0.0133. The van der Waals surface area contributed by atoms with Gasteiger partial charge in [0.15, 0.2) is 6.61 Å². The van der Waals surface area contributed by atoms with Crippen LogP contribution in [-0.4, -0.2) is 37.2 Å². The van der Waals surface area contributed by atoms with Gasteiger partial charge in [0, 0.05) is 6.04 Å². The molecule has 0 unspecified atom stereocenters. The summed E-state index contributed by atoms with van der Waals surface area (Å²) in [5.41, 5.74) is 1.06. The predicted molar refractivity (Wildman–Crippen MR) is 84.1 cm³/mol. The standard InChI is InChI=1S/C16H22N2O5/c1-11(2)17-16(21)18-14(19)10-23-15(20)7-8-22-13-6-4-5-12(3)9-13/h4-6,9,11H,7-8,10H2,1-3H3,(H2,17,18,19,21). The van der Waals surface area contributed by atoms with E-state index in [1.54, 1.807) is 19.9 Å². The Kier molecular flexibility index (Phi) is 7.59. The third-order valence-corrected chi connectivity index (χ3v) is 2.60. The fraction of sp³-hybridized carbons (Fsp3) is 0.438. The quantitative estimate of drug-likeness (QED) is 0.743. The van der Waals surface area contributed by atoms with E-state index in [0.717, 1.165) is 5.56 Å². The fourth-order valence-electron chi connectivity index (χ4n) is 1.64. The summed E-state index contributed by atoms with van der Waals surface area (Å²) in [5, 5.41) is 4.54. The molecule has 0 aromatic heterocycles. The first kappa shape index (κ1) is 18.5. The summed E-state index contributed by atoms with van der Waals surface area (Å²) >= 11 is 0. The van der Waals surface area contributed by atoms with E-state index in [0.29, 0.717) is 5.75 Å². The van der Waals surface area contributed by atoms with Gasteiger partial charge in [-0.15, -0.1) is 0 Å². The lowest BCUT2D eigenvalue weighted by molar-refractivity contribution is -0.148. The second-order valence-corrected chi connectivity index (χ2v) is 5.25. The van der Waals surface area contributed by atoms with E-state index in [1.807, 2.05) is 25.1 Å². The van der Waals surface area contributed by atoms with Gasteiger partial charge < -0.3 is 14.8 Å². The molecule has 1 rings (SSSR count). The van der Waals surface area contributed by atoms with Gasteiger partial charge in [0.2, 0.25) is 0 Å². The first-order chi connectivity index (χ1) is 10.9. The lowest BCUT2D eigenvalue weighted by Gasteiger charge is -2.10. The summed E-state index contributed by atoms with van der Waals surface area (Å²) in [4.78, 5) is 34.1. The molecular formula is C16H22N2O5. The van der Waals surface area contributed by atoms with Crippen molar-refractivity contribution in [2.75, 3.05) is 13.2 Å². The third kappa shape index (κ3) is 8.45. The molecule has 0 aliphatic heterocycles. The van der Waals surface area contributed by atoms with Crippen LogP contribution in [0.15, 0.2) is 24.3 Å². The maximum atomic E-state index is 11.5. The van der Waals surface area contributed by atoms with Crippen molar-refractivity contribution in [2.24, 2.45) is 0 Å². The monoisotopic (exact) mass is 322 g/mol. The minimum Gasteiger partial charge on any atom is -0.493 e. The number of urea groups is 1. The van der Waals surface area contributed by atoms with E-state index in [9.17, 15) is 14.4 Å². The molecule has 0 heterocycles. The summed E-state index contributed by atoms with van der Waals surface area (Å²) in [6.45, 7) is 5.11. The summed E-state index contributed by atoms with van der Waals surface area (Å²) in [7, 11) is 0. The minimum atomic E-state index is -0.684. The van der Waals surface area contributed by atoms with Gasteiger partial charge in [0.1, 0.15) is 5.75 Å². The van der Waals surface area contributed by atoms with Crippen LogP contribution in [0.3, 0.4) is 0 Å². The Morgan fingerprint density at radius 3 is 2.61 bits per heavy atom. The number of ether oxygens (including phenoxy) is 2. The molecule has 0 spiro atoms. The van der Waals surface area contributed by atoms with Crippen molar-refractivity contribution in [3.05, 3.63) is 29.8 Å². The molecule has 126 valence electrons. The molecule has 0 fully saturated rings. The zero-order valence-corrected chi connectivity index (χ0v) is 13.5. The van der Waals surface area contributed by atoms with Crippen LogP contribution < -0.4 is 15.4 Å². The average Bonchev–Trinajstić information content (AvgIpc) is 2.44. The number of imide groups is 1. The van der Waals surface area contributed by atoms with Gasteiger partial charge in [-0.05, 0) is 38.5 Å². The van der Waals surface area contributed by atoms with Crippen LogP contribution in [0.4, 0.5) is 4.79 Å². The van der Waals surface area contributed by atoms with Crippen LogP contribution in [-0.2, 0) is 14.3 Å². The molecule has 0 aliphatic carbocycles. The van der Waals surface area contributed by atoms with Gasteiger partial charge in [-0.25, -0.2) is 4.79 Å². The molecule has 7 heteroatoms. The van der Waals surface area contributed by atoms with Crippen LogP contribution in [0.25, 0.3) is 0 Å². The molecule has 7 nitrogen and oxygen atoms in total. The van der Waals surface area contributed by atoms with Gasteiger partial charge >= 0.3 is 12.0 Å². The SMILES string of the molecule is Cc1cccc(OCCC(=O)OCC(=O)NC(=O)NC(C)C)c1. The second kappa shape index (κ2) is 9.45. The Morgan fingerprint density at radius 1 is 1.22 bits per heavy atom. The Balaban J connectivity index is 2.19. The van der Waals surface area contributed by atoms with Crippen LogP contribution in [0.1, 0.15) is 25.8 Å². The predicted octanol–water partition coefficient (Wildman–Crippen LogP) is 1.54. The first-order valence-electron chi connectivity index (χ1n) is 7.32. The zero-order chi connectivity index (χ0) is 17.2. The number of carbonyl (C=O) groups excluding carboxylic acids is 3. The van der Waals surface area contributed by atoms with Crippen molar-refractivity contribution in [1.29, 1.82) is 0 Å². The van der Waals surface area contributed by atoms with Gasteiger partial charge in [0.05, 0.1) is 13.0 Å². The molecule has 1 aromatic rings. The highest BCUT2D eigenvalue weighted by Crippen LogP contribution is 2.12. The Bertz CT molecular complexity index is 557. The largest absolute Gasteiger partial charge is 0.493 e. The van der Waals surface area contributed by atoms with Crippen LogP contribution in [0.2, 0.25) is 0 Å². The number of esters is 1. The van der Waals surface area contributed by atoms with Crippen molar-refractivity contribution < 1.29 is 23.9 Å². The number of hydrogen-bond donors (Lipinski definition) is 2. The summed E-state index contributed by atoms with van der Waals surface area (Å²) < 4.78 is 10.2. The maximum absolute atomic E-state index is 11.5. The van der Waals surface area contributed by atoms with Crippen molar-refractivity contribution in [1.82, 2.24) is 10.6 Å². The van der Waals surface area contributed by atoms with Crippen molar-refractivity contribution >= 4 is 17.9 Å². The van der Waals surface area contributed by atoms with E-state index in [1.165, 1.54) is 0 Å². The molecule has 0 atom stereocenters. The van der Waals surface area contributed by atoms with Gasteiger partial charge in [-0.3, -0.25) is 14.9 Å². The number of amides is 3. The molecule has 0 aliphatic rings. The molecule has 23 heavy (non-hydrogen) atoms. The number of hydrogen-bond acceptors (Lipinski definition) is 5. The highest BCUT2D eigenvalue weighted by Gasteiger charge is 2.11. The number of carbonyl (C=O) groups is 3. The highest BCUT2D eigenvalue weighted by molar-refractivity contribution is 5.95. The van der Waals surface area contributed by atoms with E-state index >= 15 is 0 Å². The summed E-state index contributed by atoms with van der Waals surface area (Å²) in [6.07, 6.45) is 0.0133. The maximum Gasteiger partial charge on any atom is 0.321 e. The average molecular weight is 322 g/mol. The fourth-order valence-corrected chi connectivity index (χ4v) is 1.64. The molecule has 2 N–H and O–H groups in total. The Hall–Kier alpha value is -2.57. The topological polar surface area (TPSA) is 93.7 Å². The Morgan fingerprint density at radius 2 is 1.96 bits per heavy atom. The molecule has 0 saturated heterocycles. The molecular weight excluding hydrogens is 300 g/mol. The van der Waals surface area contributed by atoms with Crippen LogP contribution in [0, 0.1) is 6.92 Å². The molecule has 0 radical (unpaired) electrons. The van der Waals surface area contributed by atoms with Gasteiger partial charge in [0.25, 0.3) is 5.91 Å². The summed E-state index contributed by atoms with van der Waals surface area (Å²) in [6, 6.07) is 6.73. The number of rotatable bonds is 7. The van der Waals surface area contributed by atoms with Crippen LogP contribution >= 0.6 is 0 Å². The van der Waals surface area contributed by atoms with E-state index in [-0.39, 0.29) is 19.1 Å². The number of aryl methyl sites for hydroxylation is 1. The second-order valence-electron chi connectivity index (χ2n) is 5.25. The molecule has 0 saturated carbocycles. The molecule has 0 bridgehead atoms. The lowest BCUT2D eigenvalue weighted by Crippen LogP contribution is -2.44. The van der Waals surface area contributed by atoms with Crippen molar-refractivity contribution in [2.45, 2.75) is 33.2 Å². The van der Waals surface area contributed by atoms with Crippen molar-refractivity contribution in [3.63, 3.8) is 0 Å². The zero-order valence-electron chi connectivity index (χ0n) is 13.5.